The fourth-order valence-corrected chi connectivity index (χ4v) is 1.45. The number of esters is 1. The van der Waals surface area contributed by atoms with Crippen LogP contribution in [0.5, 0.6) is 0 Å². The maximum absolute atomic E-state index is 11.2. The van der Waals surface area contributed by atoms with Crippen LogP contribution in [0.1, 0.15) is 12.5 Å². The van der Waals surface area contributed by atoms with E-state index in [4.69, 9.17) is 18.0 Å². The molecule has 0 aliphatic rings. The van der Waals surface area contributed by atoms with Crippen LogP contribution in [0, 0.1) is 0 Å². The quantitative estimate of drug-likeness (QED) is 0.616. The Kier molecular flexibility index (Phi) is 4.84. The highest BCUT2D eigenvalue weighted by Crippen LogP contribution is 2.12. The van der Waals surface area contributed by atoms with Crippen LogP contribution in [0.2, 0.25) is 0 Å². The molecule has 17 heavy (non-hydrogen) atoms. The Bertz CT molecular complexity index is 423. The Morgan fingerprint density at radius 1 is 1.65 bits per heavy atom. The van der Waals surface area contributed by atoms with Crippen molar-refractivity contribution < 1.29 is 9.53 Å². The van der Waals surface area contributed by atoms with Crippen molar-refractivity contribution in [2.24, 2.45) is 5.73 Å². The molecule has 0 aliphatic heterocycles. The van der Waals surface area contributed by atoms with E-state index in [1.165, 1.54) is 7.11 Å². The van der Waals surface area contributed by atoms with Gasteiger partial charge in [-0.05, 0) is 19.1 Å². The molecule has 0 radical (unpaired) electrons. The minimum Gasteiger partial charge on any atom is -0.468 e. The summed E-state index contributed by atoms with van der Waals surface area (Å²) in [5, 5.41) is 0. The van der Waals surface area contributed by atoms with Crippen molar-refractivity contribution in [3.05, 3.63) is 23.9 Å². The number of hydrogen-bond acceptors (Lipinski definition) is 5. The van der Waals surface area contributed by atoms with E-state index >= 15 is 0 Å². The summed E-state index contributed by atoms with van der Waals surface area (Å²) in [5.41, 5.74) is 6.28. The number of rotatable bonds is 5. The topological polar surface area (TPSA) is 68.5 Å². The predicted molar refractivity (Wildman–Crippen MR) is 70.0 cm³/mol. The molecule has 1 aromatic rings. The molecule has 0 aliphatic carbocycles. The number of carbonyl (C=O) groups is 1. The van der Waals surface area contributed by atoms with Gasteiger partial charge in [-0.25, -0.2) is 4.98 Å². The zero-order valence-electron chi connectivity index (χ0n) is 9.84. The molecule has 1 aromatic heterocycles. The molecule has 0 atom stereocenters. The fourth-order valence-electron chi connectivity index (χ4n) is 1.32. The van der Waals surface area contributed by atoms with Gasteiger partial charge >= 0.3 is 5.97 Å². The summed E-state index contributed by atoms with van der Waals surface area (Å²) in [6.07, 6.45) is 1.61. The van der Waals surface area contributed by atoms with Crippen LogP contribution in [-0.4, -0.2) is 36.1 Å². The van der Waals surface area contributed by atoms with E-state index in [9.17, 15) is 4.79 Å². The number of anilines is 1. The lowest BCUT2D eigenvalue weighted by molar-refractivity contribution is -0.138. The second-order valence-corrected chi connectivity index (χ2v) is 3.80. The van der Waals surface area contributed by atoms with Crippen molar-refractivity contribution in [2.75, 3.05) is 25.1 Å². The predicted octanol–water partition coefficient (Wildman–Crippen LogP) is 0.715. The van der Waals surface area contributed by atoms with Crippen molar-refractivity contribution in [2.45, 2.75) is 6.92 Å². The van der Waals surface area contributed by atoms with Crippen LogP contribution in [0.4, 0.5) is 5.82 Å². The Morgan fingerprint density at radius 2 is 2.35 bits per heavy atom. The summed E-state index contributed by atoms with van der Waals surface area (Å²) in [4.78, 5) is 17.5. The SMILES string of the molecule is CCN(CC(=O)OC)c1cc(C(N)=S)ccn1. The lowest BCUT2D eigenvalue weighted by atomic mass is 10.2. The molecule has 0 unspecified atom stereocenters. The number of aromatic nitrogens is 1. The number of carbonyl (C=O) groups excluding carboxylic acids is 1. The van der Waals surface area contributed by atoms with E-state index in [1.54, 1.807) is 23.2 Å². The molecule has 5 nitrogen and oxygen atoms in total. The van der Waals surface area contributed by atoms with Crippen LogP contribution in [0.3, 0.4) is 0 Å². The molecular weight excluding hydrogens is 238 g/mol. The standard InChI is InChI=1S/C11H15N3O2S/c1-3-14(7-10(15)16-2)9-6-8(11(12)17)4-5-13-9/h4-6H,3,7H2,1-2H3,(H2,12,17). The number of ether oxygens (including phenoxy) is 1. The van der Waals surface area contributed by atoms with Gasteiger partial charge in [-0.2, -0.15) is 0 Å². The molecule has 6 heteroatoms. The van der Waals surface area contributed by atoms with Gasteiger partial charge in [0.1, 0.15) is 17.4 Å². The highest BCUT2D eigenvalue weighted by Gasteiger charge is 2.11. The molecule has 1 rings (SSSR count). The molecule has 0 saturated carbocycles. The summed E-state index contributed by atoms with van der Waals surface area (Å²) in [5.74, 6) is 0.345. The third-order valence-corrected chi connectivity index (χ3v) is 2.52. The van der Waals surface area contributed by atoms with E-state index in [0.717, 1.165) is 5.56 Å². The lowest BCUT2D eigenvalue weighted by Crippen LogP contribution is -2.31. The van der Waals surface area contributed by atoms with E-state index in [1.807, 2.05) is 6.92 Å². The third kappa shape index (κ3) is 3.67. The minimum absolute atomic E-state index is 0.154. The van der Waals surface area contributed by atoms with Gasteiger partial charge in [0, 0.05) is 18.3 Å². The zero-order chi connectivity index (χ0) is 12.8. The van der Waals surface area contributed by atoms with Crippen molar-refractivity contribution >= 4 is 29.0 Å². The summed E-state index contributed by atoms with van der Waals surface area (Å²) in [6, 6.07) is 3.49. The lowest BCUT2D eigenvalue weighted by Gasteiger charge is -2.20. The molecule has 0 fully saturated rings. The molecule has 0 bridgehead atoms. The Morgan fingerprint density at radius 3 is 2.88 bits per heavy atom. The monoisotopic (exact) mass is 253 g/mol. The van der Waals surface area contributed by atoms with Crippen LogP contribution < -0.4 is 10.6 Å². The maximum Gasteiger partial charge on any atom is 0.325 e. The average Bonchev–Trinajstić information content (AvgIpc) is 2.35. The number of thiocarbonyl (C=S) groups is 1. The molecular formula is C11H15N3O2S. The molecule has 92 valence electrons. The number of pyridine rings is 1. The molecule has 0 amide bonds. The van der Waals surface area contributed by atoms with Gasteiger partial charge in [0.15, 0.2) is 0 Å². The first-order chi connectivity index (χ1) is 8.08. The summed E-state index contributed by atoms with van der Waals surface area (Å²) in [7, 11) is 1.36. The molecule has 0 saturated heterocycles. The van der Waals surface area contributed by atoms with Gasteiger partial charge in [-0.3, -0.25) is 4.79 Å². The maximum atomic E-state index is 11.2. The van der Waals surface area contributed by atoms with Crippen molar-refractivity contribution in [3.63, 3.8) is 0 Å². The number of likely N-dealkylation sites (N-methyl/N-ethyl adjacent to an activating group) is 1. The molecule has 0 spiro atoms. The zero-order valence-corrected chi connectivity index (χ0v) is 10.7. The first-order valence-electron chi connectivity index (χ1n) is 5.16. The van der Waals surface area contributed by atoms with Gasteiger partial charge in [-0.15, -0.1) is 0 Å². The van der Waals surface area contributed by atoms with Crippen LogP contribution in [-0.2, 0) is 9.53 Å². The van der Waals surface area contributed by atoms with E-state index < -0.39 is 0 Å². The van der Waals surface area contributed by atoms with Gasteiger partial charge in [0.2, 0.25) is 0 Å². The smallest absolute Gasteiger partial charge is 0.325 e. The highest BCUT2D eigenvalue weighted by molar-refractivity contribution is 7.80. The average molecular weight is 253 g/mol. The molecule has 1 heterocycles. The first-order valence-corrected chi connectivity index (χ1v) is 5.57. The largest absolute Gasteiger partial charge is 0.468 e. The van der Waals surface area contributed by atoms with Gasteiger partial charge in [0.25, 0.3) is 0 Å². The summed E-state index contributed by atoms with van der Waals surface area (Å²) < 4.78 is 4.62. The normalized spacial score (nSPS) is 9.76. The van der Waals surface area contributed by atoms with E-state index in [2.05, 4.69) is 9.72 Å². The second kappa shape index (κ2) is 6.15. The van der Waals surface area contributed by atoms with Gasteiger partial charge < -0.3 is 15.4 Å². The summed E-state index contributed by atoms with van der Waals surface area (Å²) >= 11 is 4.89. The van der Waals surface area contributed by atoms with Gasteiger partial charge in [0.05, 0.1) is 7.11 Å². The Labute approximate surface area is 106 Å². The third-order valence-electron chi connectivity index (χ3n) is 2.28. The molecule has 2 N–H and O–H groups in total. The van der Waals surface area contributed by atoms with Crippen LogP contribution >= 0.6 is 12.2 Å². The fraction of sp³-hybridized carbons (Fsp3) is 0.364. The Hall–Kier alpha value is -1.69. The first kappa shape index (κ1) is 13.4. The summed E-state index contributed by atoms with van der Waals surface area (Å²) in [6.45, 7) is 2.72. The minimum atomic E-state index is -0.311. The second-order valence-electron chi connectivity index (χ2n) is 3.36. The van der Waals surface area contributed by atoms with Crippen molar-refractivity contribution in [3.8, 4) is 0 Å². The van der Waals surface area contributed by atoms with E-state index in [0.29, 0.717) is 17.4 Å². The van der Waals surface area contributed by atoms with Crippen molar-refractivity contribution in [1.29, 1.82) is 0 Å². The van der Waals surface area contributed by atoms with Crippen molar-refractivity contribution in [1.82, 2.24) is 4.98 Å². The highest BCUT2D eigenvalue weighted by atomic mass is 32.1. The number of hydrogen-bond donors (Lipinski definition) is 1. The van der Waals surface area contributed by atoms with Gasteiger partial charge in [-0.1, -0.05) is 12.2 Å². The van der Waals surface area contributed by atoms with Crippen LogP contribution in [0.25, 0.3) is 0 Å². The molecule has 0 aromatic carbocycles. The van der Waals surface area contributed by atoms with Crippen LogP contribution in [0.15, 0.2) is 18.3 Å². The Balaban J connectivity index is 2.91. The number of nitrogens with zero attached hydrogens (tertiary/aromatic N) is 2. The number of nitrogens with two attached hydrogens (primary N) is 1. The van der Waals surface area contributed by atoms with E-state index in [-0.39, 0.29) is 12.5 Å². The number of methoxy groups -OCH3 is 1.